The van der Waals surface area contributed by atoms with Gasteiger partial charge in [-0.3, -0.25) is 0 Å². The predicted molar refractivity (Wildman–Crippen MR) is 64.3 cm³/mol. The molecule has 1 aromatic heterocycles. The van der Waals surface area contributed by atoms with Gasteiger partial charge in [0.1, 0.15) is 10.7 Å². The Morgan fingerprint density at radius 2 is 2.19 bits per heavy atom. The first-order valence-corrected chi connectivity index (χ1v) is 5.44. The van der Waals surface area contributed by atoms with Crippen LogP contribution in [0.1, 0.15) is 22.8 Å². The second-order valence-corrected chi connectivity index (χ2v) is 4.05. The van der Waals surface area contributed by atoms with Gasteiger partial charge < -0.3 is 9.67 Å². The van der Waals surface area contributed by atoms with Gasteiger partial charge in [0.15, 0.2) is 0 Å². The van der Waals surface area contributed by atoms with Gasteiger partial charge in [-0.2, -0.15) is 0 Å². The monoisotopic (exact) mass is 237 g/mol. The molecule has 0 radical (unpaired) electrons. The largest absolute Gasteiger partial charge is 0.478 e. The molecule has 0 fully saturated rings. The number of aryl methyl sites for hydroxylation is 2. The number of carboxylic acids is 1. The van der Waals surface area contributed by atoms with Crippen molar-refractivity contribution >= 4 is 28.5 Å². The molecule has 0 aliphatic carbocycles. The molecule has 0 saturated carbocycles. The summed E-state index contributed by atoms with van der Waals surface area (Å²) in [6.45, 7) is 2.04. The van der Waals surface area contributed by atoms with Gasteiger partial charge in [0.2, 0.25) is 0 Å². The molecular formula is C12H12ClNO2. The fourth-order valence-corrected chi connectivity index (χ4v) is 2.32. The number of rotatable bonds is 2. The lowest BCUT2D eigenvalue weighted by Crippen LogP contribution is -1.96. The Bertz CT molecular complexity index is 572. The Balaban J connectivity index is 2.95. The Morgan fingerprint density at radius 1 is 1.50 bits per heavy atom. The molecule has 1 heterocycles. The normalized spacial score (nSPS) is 10.9. The summed E-state index contributed by atoms with van der Waals surface area (Å²) in [6, 6.07) is 5.65. The fraction of sp³-hybridized carbons (Fsp3) is 0.250. The van der Waals surface area contributed by atoms with Crippen LogP contribution in [0.25, 0.3) is 10.9 Å². The maximum absolute atomic E-state index is 11.2. The molecule has 0 aliphatic heterocycles. The van der Waals surface area contributed by atoms with Crippen molar-refractivity contribution in [2.75, 3.05) is 0 Å². The van der Waals surface area contributed by atoms with Crippen molar-refractivity contribution in [3.63, 3.8) is 0 Å². The fourth-order valence-electron chi connectivity index (χ4n) is 2.05. The molecule has 0 spiro atoms. The van der Waals surface area contributed by atoms with Crippen LogP contribution in [0.3, 0.4) is 0 Å². The molecular weight excluding hydrogens is 226 g/mol. The number of fused-ring (bicyclic) bond motifs is 1. The lowest BCUT2D eigenvalue weighted by molar-refractivity contribution is 0.0699. The summed E-state index contributed by atoms with van der Waals surface area (Å²) in [4.78, 5) is 11.2. The van der Waals surface area contributed by atoms with Crippen molar-refractivity contribution in [1.29, 1.82) is 0 Å². The average molecular weight is 238 g/mol. The van der Waals surface area contributed by atoms with E-state index in [0.717, 1.165) is 17.5 Å². The zero-order valence-corrected chi connectivity index (χ0v) is 9.88. The van der Waals surface area contributed by atoms with Crippen LogP contribution in [0.2, 0.25) is 5.15 Å². The van der Waals surface area contributed by atoms with Gasteiger partial charge in [0, 0.05) is 12.4 Å². The summed E-state index contributed by atoms with van der Waals surface area (Å²) < 4.78 is 1.74. The van der Waals surface area contributed by atoms with Crippen LogP contribution in [-0.4, -0.2) is 15.6 Å². The number of nitrogens with zero attached hydrogens (tertiary/aromatic N) is 1. The highest BCUT2D eigenvalue weighted by Gasteiger charge is 2.20. The van der Waals surface area contributed by atoms with Gasteiger partial charge in [0.05, 0.1) is 5.52 Å². The Morgan fingerprint density at radius 3 is 2.75 bits per heavy atom. The third-order valence-corrected chi connectivity index (χ3v) is 3.26. The van der Waals surface area contributed by atoms with Gasteiger partial charge in [0.25, 0.3) is 0 Å². The molecule has 0 aliphatic rings. The van der Waals surface area contributed by atoms with Crippen LogP contribution in [0.5, 0.6) is 0 Å². The minimum Gasteiger partial charge on any atom is -0.478 e. The van der Waals surface area contributed by atoms with Crippen molar-refractivity contribution in [2.45, 2.75) is 13.3 Å². The number of aromatic carboxylic acids is 1. The number of halogens is 1. The standard InChI is InChI=1S/C12H12ClNO2/c1-3-7-5-4-6-8-9(12(15)16)11(13)14(2)10(7)8/h4-6H,3H2,1-2H3,(H,15,16). The molecule has 84 valence electrons. The number of benzene rings is 1. The summed E-state index contributed by atoms with van der Waals surface area (Å²) in [6.07, 6.45) is 0.852. The van der Waals surface area contributed by atoms with Gasteiger partial charge in [-0.25, -0.2) is 4.79 Å². The lowest BCUT2D eigenvalue weighted by Gasteiger charge is -2.03. The highest BCUT2D eigenvalue weighted by atomic mass is 35.5. The molecule has 3 nitrogen and oxygen atoms in total. The number of carbonyl (C=O) groups is 1. The Labute approximate surface area is 98.3 Å². The molecule has 0 saturated heterocycles. The number of para-hydroxylation sites is 1. The highest BCUT2D eigenvalue weighted by molar-refractivity contribution is 6.35. The van der Waals surface area contributed by atoms with E-state index in [0.29, 0.717) is 5.39 Å². The van der Waals surface area contributed by atoms with E-state index in [1.165, 1.54) is 0 Å². The maximum atomic E-state index is 11.2. The number of hydrogen-bond acceptors (Lipinski definition) is 1. The molecule has 1 aromatic carbocycles. The first-order chi connectivity index (χ1) is 7.57. The Kier molecular flexibility index (Phi) is 2.64. The Hall–Kier alpha value is -1.48. The maximum Gasteiger partial charge on any atom is 0.339 e. The molecule has 2 rings (SSSR count). The van der Waals surface area contributed by atoms with E-state index in [1.54, 1.807) is 17.7 Å². The summed E-state index contributed by atoms with van der Waals surface area (Å²) >= 11 is 6.04. The lowest BCUT2D eigenvalue weighted by atomic mass is 10.1. The summed E-state index contributed by atoms with van der Waals surface area (Å²) in [7, 11) is 1.79. The zero-order valence-electron chi connectivity index (χ0n) is 9.12. The average Bonchev–Trinajstić information content (AvgIpc) is 2.51. The van der Waals surface area contributed by atoms with E-state index >= 15 is 0 Å². The smallest absolute Gasteiger partial charge is 0.339 e. The van der Waals surface area contributed by atoms with Crippen LogP contribution >= 0.6 is 11.6 Å². The third kappa shape index (κ3) is 1.39. The molecule has 0 amide bonds. The summed E-state index contributed by atoms with van der Waals surface area (Å²) in [5, 5.41) is 10.1. The van der Waals surface area contributed by atoms with E-state index in [4.69, 9.17) is 16.7 Å². The van der Waals surface area contributed by atoms with E-state index < -0.39 is 5.97 Å². The first-order valence-electron chi connectivity index (χ1n) is 5.07. The van der Waals surface area contributed by atoms with Crippen LogP contribution < -0.4 is 0 Å². The zero-order chi connectivity index (χ0) is 11.9. The topological polar surface area (TPSA) is 42.2 Å². The third-order valence-electron chi connectivity index (χ3n) is 2.82. The predicted octanol–water partition coefficient (Wildman–Crippen LogP) is 3.09. The molecule has 16 heavy (non-hydrogen) atoms. The van der Waals surface area contributed by atoms with Crippen molar-refractivity contribution in [2.24, 2.45) is 7.05 Å². The summed E-state index contributed by atoms with van der Waals surface area (Å²) in [5.41, 5.74) is 2.20. The van der Waals surface area contributed by atoms with Crippen molar-refractivity contribution in [1.82, 2.24) is 4.57 Å². The molecule has 0 atom stereocenters. The van der Waals surface area contributed by atoms with Crippen LogP contribution in [0, 0.1) is 0 Å². The quantitative estimate of drug-likeness (QED) is 0.872. The molecule has 0 unspecified atom stereocenters. The van der Waals surface area contributed by atoms with Crippen LogP contribution in [0.4, 0.5) is 0 Å². The number of aromatic nitrogens is 1. The van der Waals surface area contributed by atoms with E-state index in [9.17, 15) is 4.79 Å². The van der Waals surface area contributed by atoms with Crippen LogP contribution in [0.15, 0.2) is 18.2 Å². The molecule has 0 bridgehead atoms. The second kappa shape index (κ2) is 3.83. The number of carboxylic acid groups (broad SMARTS) is 1. The van der Waals surface area contributed by atoms with Crippen LogP contribution in [-0.2, 0) is 13.5 Å². The molecule has 4 heteroatoms. The van der Waals surface area contributed by atoms with E-state index in [2.05, 4.69) is 0 Å². The second-order valence-electron chi connectivity index (χ2n) is 3.70. The van der Waals surface area contributed by atoms with Crippen molar-refractivity contribution in [3.05, 3.63) is 34.5 Å². The van der Waals surface area contributed by atoms with E-state index in [-0.39, 0.29) is 10.7 Å². The van der Waals surface area contributed by atoms with Crippen molar-refractivity contribution in [3.8, 4) is 0 Å². The van der Waals surface area contributed by atoms with Gasteiger partial charge in [-0.1, -0.05) is 36.7 Å². The van der Waals surface area contributed by atoms with E-state index in [1.807, 2.05) is 19.1 Å². The van der Waals surface area contributed by atoms with Crippen molar-refractivity contribution < 1.29 is 9.90 Å². The van der Waals surface area contributed by atoms with Gasteiger partial charge in [-0.15, -0.1) is 0 Å². The minimum atomic E-state index is -0.983. The van der Waals surface area contributed by atoms with Gasteiger partial charge >= 0.3 is 5.97 Å². The molecule has 1 N–H and O–H groups in total. The summed E-state index contributed by atoms with van der Waals surface area (Å²) in [5.74, 6) is -0.983. The first kappa shape index (κ1) is 11.0. The number of hydrogen-bond donors (Lipinski definition) is 1. The SMILES string of the molecule is CCc1cccc2c(C(=O)O)c(Cl)n(C)c12. The molecule has 2 aromatic rings. The minimum absolute atomic E-state index is 0.189. The highest BCUT2D eigenvalue weighted by Crippen LogP contribution is 2.31. The van der Waals surface area contributed by atoms with Gasteiger partial charge in [-0.05, 0) is 12.0 Å².